The van der Waals surface area contributed by atoms with Crippen LogP contribution in [0.1, 0.15) is 10.4 Å². The highest BCUT2D eigenvalue weighted by atomic mass is 16.5. The van der Waals surface area contributed by atoms with Crippen LogP contribution in [0.5, 0.6) is 0 Å². The molecule has 0 aliphatic heterocycles. The summed E-state index contributed by atoms with van der Waals surface area (Å²) in [6, 6.07) is 10.3. The van der Waals surface area contributed by atoms with Crippen molar-refractivity contribution in [1.82, 2.24) is 4.98 Å². The fraction of sp³-hybridized carbons (Fsp3) is 0.0625. The van der Waals surface area contributed by atoms with Gasteiger partial charge in [-0.2, -0.15) is 0 Å². The molecule has 0 saturated carbocycles. The second-order valence-electron chi connectivity index (χ2n) is 4.27. The number of ether oxygens (including phenoxy) is 1. The zero-order valence-corrected chi connectivity index (χ0v) is 11.7. The highest BCUT2D eigenvalue weighted by Gasteiger charge is 2.18. The first-order chi connectivity index (χ1) is 10.6. The third kappa shape index (κ3) is 3.49. The van der Waals surface area contributed by atoms with Crippen LogP contribution < -0.4 is 5.32 Å². The molecular weight excluding hydrogens is 284 g/mol. The third-order valence-corrected chi connectivity index (χ3v) is 2.79. The Morgan fingerprint density at radius 2 is 2.00 bits per heavy atom. The van der Waals surface area contributed by atoms with Crippen molar-refractivity contribution in [3.8, 4) is 11.3 Å². The summed E-state index contributed by atoms with van der Waals surface area (Å²) in [5.74, 6) is -1.17. The van der Waals surface area contributed by atoms with Gasteiger partial charge in [-0.3, -0.25) is 10.3 Å². The molecule has 6 heteroatoms. The molecule has 1 aromatic heterocycles. The van der Waals surface area contributed by atoms with Gasteiger partial charge in [0, 0.05) is 11.8 Å². The number of nitrogens with one attached hydrogen (secondary N) is 1. The Morgan fingerprint density at radius 1 is 1.27 bits per heavy atom. The smallest absolute Gasteiger partial charge is 0.412 e. The van der Waals surface area contributed by atoms with Gasteiger partial charge in [0.25, 0.3) is 0 Å². The lowest BCUT2D eigenvalue weighted by Gasteiger charge is -2.13. The molecule has 6 nitrogen and oxygen atoms in total. The summed E-state index contributed by atoms with van der Waals surface area (Å²) in [5, 5.41) is 11.7. The molecule has 0 atom stereocenters. The summed E-state index contributed by atoms with van der Waals surface area (Å²) in [6.45, 7) is 3.46. The third-order valence-electron chi connectivity index (χ3n) is 2.79. The van der Waals surface area contributed by atoms with Gasteiger partial charge in [0.1, 0.15) is 6.61 Å². The van der Waals surface area contributed by atoms with Gasteiger partial charge in [0.2, 0.25) is 0 Å². The first kappa shape index (κ1) is 15.2. The maximum Gasteiger partial charge on any atom is 0.412 e. The van der Waals surface area contributed by atoms with Gasteiger partial charge in [-0.05, 0) is 6.07 Å². The van der Waals surface area contributed by atoms with Crippen molar-refractivity contribution in [2.45, 2.75) is 0 Å². The minimum Gasteiger partial charge on any atom is -0.478 e. The zero-order valence-electron chi connectivity index (χ0n) is 11.7. The number of carbonyl (C=O) groups is 2. The van der Waals surface area contributed by atoms with E-state index in [9.17, 15) is 14.7 Å². The normalized spacial score (nSPS) is 9.82. The summed E-state index contributed by atoms with van der Waals surface area (Å²) in [5.41, 5.74) is 1.07. The SMILES string of the molecule is C=CCOC(=O)Nc1c(C(=O)O)ccnc1-c1ccccc1. The van der Waals surface area contributed by atoms with Crippen LogP contribution in [0.3, 0.4) is 0 Å². The van der Waals surface area contributed by atoms with Gasteiger partial charge in [-0.25, -0.2) is 9.59 Å². The van der Waals surface area contributed by atoms with E-state index in [2.05, 4.69) is 16.9 Å². The number of aromatic carboxylic acids is 1. The van der Waals surface area contributed by atoms with E-state index < -0.39 is 12.1 Å². The number of carboxylic acid groups (broad SMARTS) is 1. The second kappa shape index (κ2) is 7.03. The zero-order chi connectivity index (χ0) is 15.9. The quantitative estimate of drug-likeness (QED) is 0.828. The van der Waals surface area contributed by atoms with Crippen LogP contribution in [0.25, 0.3) is 11.3 Å². The van der Waals surface area contributed by atoms with Crippen LogP contribution in [-0.4, -0.2) is 28.8 Å². The van der Waals surface area contributed by atoms with E-state index in [1.54, 1.807) is 24.3 Å². The van der Waals surface area contributed by atoms with E-state index in [1.807, 2.05) is 6.07 Å². The number of anilines is 1. The summed E-state index contributed by atoms with van der Waals surface area (Å²) < 4.78 is 4.83. The molecule has 0 unspecified atom stereocenters. The molecule has 0 saturated heterocycles. The molecule has 1 aromatic carbocycles. The van der Waals surface area contributed by atoms with Crippen LogP contribution in [0, 0.1) is 0 Å². The molecule has 0 aliphatic rings. The fourth-order valence-electron chi connectivity index (χ4n) is 1.85. The summed E-state index contributed by atoms with van der Waals surface area (Å²) in [7, 11) is 0. The van der Waals surface area contributed by atoms with Crippen LogP contribution in [0.15, 0.2) is 55.3 Å². The number of carbonyl (C=O) groups excluding carboxylic acids is 1. The molecule has 0 spiro atoms. The minimum absolute atomic E-state index is 0.0230. The van der Waals surface area contributed by atoms with Gasteiger partial charge in [-0.1, -0.05) is 43.0 Å². The molecule has 0 fully saturated rings. The number of rotatable bonds is 5. The molecule has 2 rings (SSSR count). The molecule has 0 bridgehead atoms. The van der Waals surface area contributed by atoms with Crippen LogP contribution in [0.4, 0.5) is 10.5 Å². The largest absolute Gasteiger partial charge is 0.478 e. The van der Waals surface area contributed by atoms with Crippen LogP contribution >= 0.6 is 0 Å². The second-order valence-corrected chi connectivity index (χ2v) is 4.27. The van der Waals surface area contributed by atoms with Crippen molar-refractivity contribution in [3.63, 3.8) is 0 Å². The molecule has 1 amide bonds. The summed E-state index contributed by atoms with van der Waals surface area (Å²) >= 11 is 0. The Kier molecular flexibility index (Phi) is 4.87. The molecule has 0 aliphatic carbocycles. The van der Waals surface area contributed by atoms with Crippen molar-refractivity contribution in [2.75, 3.05) is 11.9 Å². The average molecular weight is 298 g/mol. The Labute approximate surface area is 127 Å². The number of pyridine rings is 1. The van der Waals surface area contributed by atoms with E-state index in [0.29, 0.717) is 11.3 Å². The molecule has 1 heterocycles. The summed E-state index contributed by atoms with van der Waals surface area (Å²) in [6.07, 6.45) is 2.03. The minimum atomic E-state index is -1.17. The Balaban J connectivity index is 2.45. The molecular formula is C16H14N2O4. The maximum absolute atomic E-state index is 11.7. The van der Waals surface area contributed by atoms with Crippen LogP contribution in [0.2, 0.25) is 0 Å². The maximum atomic E-state index is 11.7. The van der Waals surface area contributed by atoms with Crippen molar-refractivity contribution < 1.29 is 19.4 Å². The predicted molar refractivity (Wildman–Crippen MR) is 81.8 cm³/mol. The van der Waals surface area contributed by atoms with E-state index >= 15 is 0 Å². The summed E-state index contributed by atoms with van der Waals surface area (Å²) in [4.78, 5) is 27.3. The first-order valence-electron chi connectivity index (χ1n) is 6.46. The molecule has 0 radical (unpaired) electrons. The van der Waals surface area contributed by atoms with Crippen molar-refractivity contribution in [2.24, 2.45) is 0 Å². The fourth-order valence-corrected chi connectivity index (χ4v) is 1.85. The lowest BCUT2D eigenvalue weighted by atomic mass is 10.1. The number of aromatic nitrogens is 1. The highest BCUT2D eigenvalue weighted by Crippen LogP contribution is 2.29. The van der Waals surface area contributed by atoms with E-state index in [4.69, 9.17) is 4.74 Å². The van der Waals surface area contributed by atoms with Gasteiger partial charge in [0.15, 0.2) is 0 Å². The first-order valence-corrected chi connectivity index (χ1v) is 6.46. The van der Waals surface area contributed by atoms with Crippen molar-refractivity contribution in [3.05, 3.63) is 60.8 Å². The number of nitrogens with zero attached hydrogens (tertiary/aromatic N) is 1. The van der Waals surface area contributed by atoms with Crippen molar-refractivity contribution in [1.29, 1.82) is 0 Å². The van der Waals surface area contributed by atoms with E-state index in [0.717, 1.165) is 0 Å². The van der Waals surface area contributed by atoms with Gasteiger partial charge >= 0.3 is 12.1 Å². The van der Waals surface area contributed by atoms with Gasteiger partial charge < -0.3 is 9.84 Å². The average Bonchev–Trinajstić information content (AvgIpc) is 2.53. The van der Waals surface area contributed by atoms with Gasteiger partial charge in [0.05, 0.1) is 16.9 Å². The lowest BCUT2D eigenvalue weighted by Crippen LogP contribution is -2.17. The molecule has 2 aromatic rings. The van der Waals surface area contributed by atoms with Crippen molar-refractivity contribution >= 4 is 17.7 Å². The lowest BCUT2D eigenvalue weighted by molar-refractivity contribution is 0.0698. The number of hydrogen-bond donors (Lipinski definition) is 2. The number of carboxylic acids is 1. The molecule has 112 valence electrons. The Hall–Kier alpha value is -3.15. The monoisotopic (exact) mass is 298 g/mol. The number of amides is 1. The van der Waals surface area contributed by atoms with E-state index in [1.165, 1.54) is 18.3 Å². The molecule has 2 N–H and O–H groups in total. The topological polar surface area (TPSA) is 88.5 Å². The number of hydrogen-bond acceptors (Lipinski definition) is 4. The predicted octanol–water partition coefficient (Wildman–Crippen LogP) is 3.18. The standard InChI is InChI=1S/C16H14N2O4/c1-2-10-22-16(21)18-14-12(15(19)20)8-9-17-13(14)11-6-4-3-5-7-11/h2-9H,1,10H2,(H,18,21)(H,19,20). The Morgan fingerprint density at radius 3 is 2.64 bits per heavy atom. The Bertz CT molecular complexity index is 699. The van der Waals surface area contributed by atoms with Gasteiger partial charge in [-0.15, -0.1) is 0 Å². The highest BCUT2D eigenvalue weighted by molar-refractivity contribution is 6.02. The van der Waals surface area contributed by atoms with E-state index in [-0.39, 0.29) is 17.9 Å². The molecule has 22 heavy (non-hydrogen) atoms. The van der Waals surface area contributed by atoms with Crippen LogP contribution in [-0.2, 0) is 4.74 Å². The number of benzene rings is 1.